The number of hydrogen-bond acceptors (Lipinski definition) is 3. The van der Waals surface area contributed by atoms with Crippen molar-refractivity contribution >= 4 is 17.5 Å². The Morgan fingerprint density at radius 1 is 1.42 bits per heavy atom. The molecule has 1 aromatic heterocycles. The molecule has 0 aliphatic carbocycles. The molecule has 2 rings (SSSR count). The molecular formula is C13H18ClN3O2. The summed E-state index contributed by atoms with van der Waals surface area (Å²) in [5, 5.41) is 3.71. The molecule has 0 bridgehead atoms. The molecule has 1 saturated heterocycles. The van der Waals surface area contributed by atoms with Crippen molar-refractivity contribution in [2.45, 2.75) is 26.8 Å². The average Bonchev–Trinajstić information content (AvgIpc) is 2.36. The van der Waals surface area contributed by atoms with Crippen molar-refractivity contribution in [3.8, 4) is 0 Å². The molecule has 19 heavy (non-hydrogen) atoms. The number of aromatic amines is 1. The van der Waals surface area contributed by atoms with Gasteiger partial charge in [0.2, 0.25) is 0 Å². The van der Waals surface area contributed by atoms with E-state index in [2.05, 4.69) is 10.3 Å². The van der Waals surface area contributed by atoms with Crippen molar-refractivity contribution in [3.05, 3.63) is 32.2 Å². The summed E-state index contributed by atoms with van der Waals surface area (Å²) in [6.07, 6.45) is 0. The maximum Gasteiger partial charge on any atom is 0.261 e. The van der Waals surface area contributed by atoms with Crippen LogP contribution in [0.3, 0.4) is 0 Å². The second-order valence-corrected chi connectivity index (χ2v) is 5.38. The number of amides is 1. The molecule has 0 aromatic carbocycles. The fourth-order valence-corrected chi connectivity index (χ4v) is 2.52. The smallest absolute Gasteiger partial charge is 0.261 e. The van der Waals surface area contributed by atoms with Gasteiger partial charge < -0.3 is 15.2 Å². The van der Waals surface area contributed by atoms with Crippen molar-refractivity contribution < 1.29 is 4.79 Å². The first-order valence-electron chi connectivity index (χ1n) is 6.33. The zero-order valence-electron chi connectivity index (χ0n) is 11.3. The molecule has 1 atom stereocenters. The lowest BCUT2D eigenvalue weighted by molar-refractivity contribution is 0.0706. The van der Waals surface area contributed by atoms with E-state index in [1.54, 1.807) is 18.7 Å². The van der Waals surface area contributed by atoms with Gasteiger partial charge in [-0.15, -0.1) is 0 Å². The Morgan fingerprint density at radius 2 is 2.11 bits per heavy atom. The lowest BCUT2D eigenvalue weighted by Crippen LogP contribution is -2.52. The monoisotopic (exact) mass is 283 g/mol. The summed E-state index contributed by atoms with van der Waals surface area (Å²) in [5.74, 6) is -0.242. The lowest BCUT2D eigenvalue weighted by Gasteiger charge is -2.32. The summed E-state index contributed by atoms with van der Waals surface area (Å²) in [7, 11) is 0. The number of rotatable bonds is 1. The lowest BCUT2D eigenvalue weighted by atomic mass is 10.1. The second kappa shape index (κ2) is 5.35. The molecule has 5 nitrogen and oxygen atoms in total. The van der Waals surface area contributed by atoms with Gasteiger partial charge in [0.05, 0.1) is 5.02 Å². The number of H-pyrrole nitrogens is 1. The van der Waals surface area contributed by atoms with Crippen molar-refractivity contribution in [3.63, 3.8) is 0 Å². The Bertz CT molecular complexity index is 568. The molecule has 104 valence electrons. The Labute approximate surface area is 117 Å². The number of piperazine rings is 1. The Kier molecular flexibility index (Phi) is 3.96. The molecule has 0 saturated carbocycles. The van der Waals surface area contributed by atoms with E-state index in [1.807, 2.05) is 6.92 Å². The minimum Gasteiger partial charge on any atom is -0.336 e. The van der Waals surface area contributed by atoms with Gasteiger partial charge >= 0.3 is 0 Å². The van der Waals surface area contributed by atoms with E-state index in [0.29, 0.717) is 29.4 Å². The zero-order chi connectivity index (χ0) is 14.2. The second-order valence-electron chi connectivity index (χ2n) is 5.00. The van der Waals surface area contributed by atoms with Crippen LogP contribution < -0.4 is 10.9 Å². The normalized spacial score (nSPS) is 19.6. The molecule has 1 fully saturated rings. The fourth-order valence-electron chi connectivity index (χ4n) is 2.38. The van der Waals surface area contributed by atoms with E-state index in [0.717, 1.165) is 6.54 Å². The molecule has 0 spiro atoms. The van der Waals surface area contributed by atoms with E-state index in [9.17, 15) is 9.59 Å². The van der Waals surface area contributed by atoms with Crippen molar-refractivity contribution in [2.24, 2.45) is 0 Å². The van der Waals surface area contributed by atoms with Gasteiger partial charge in [-0.1, -0.05) is 11.6 Å². The van der Waals surface area contributed by atoms with E-state index in [1.165, 1.54) is 0 Å². The number of pyridine rings is 1. The van der Waals surface area contributed by atoms with Gasteiger partial charge in [0.15, 0.2) is 0 Å². The molecule has 1 aliphatic rings. The molecule has 1 unspecified atom stereocenters. The number of halogens is 1. The predicted molar refractivity (Wildman–Crippen MR) is 74.9 cm³/mol. The fraction of sp³-hybridized carbons (Fsp3) is 0.538. The van der Waals surface area contributed by atoms with E-state index < -0.39 is 0 Å². The molecule has 1 amide bonds. The molecule has 1 aromatic rings. The van der Waals surface area contributed by atoms with Gasteiger partial charge in [-0.2, -0.15) is 0 Å². The van der Waals surface area contributed by atoms with Crippen molar-refractivity contribution in [1.29, 1.82) is 0 Å². The summed E-state index contributed by atoms with van der Waals surface area (Å²) >= 11 is 6.11. The minimum absolute atomic E-state index is 0.157. The standard InChI is InChI=1S/C13H18ClN3O2/c1-7-6-17(5-4-15-7)13(19)10-8(2)11(14)9(3)16-12(10)18/h7,15H,4-6H2,1-3H3,(H,16,18). The maximum atomic E-state index is 12.5. The Hall–Kier alpha value is -1.33. The summed E-state index contributed by atoms with van der Waals surface area (Å²) in [5.41, 5.74) is 0.939. The minimum atomic E-state index is -0.365. The van der Waals surface area contributed by atoms with E-state index >= 15 is 0 Å². The van der Waals surface area contributed by atoms with E-state index in [-0.39, 0.29) is 23.1 Å². The van der Waals surface area contributed by atoms with Crippen molar-refractivity contribution in [1.82, 2.24) is 15.2 Å². The average molecular weight is 284 g/mol. The molecule has 0 radical (unpaired) electrons. The number of carbonyl (C=O) groups excluding carboxylic acids is 1. The van der Waals surface area contributed by atoms with Gasteiger partial charge in [0.25, 0.3) is 11.5 Å². The van der Waals surface area contributed by atoms with Crippen LogP contribution in [-0.2, 0) is 0 Å². The topological polar surface area (TPSA) is 65.2 Å². The van der Waals surface area contributed by atoms with E-state index in [4.69, 9.17) is 11.6 Å². The summed E-state index contributed by atoms with van der Waals surface area (Å²) in [6, 6.07) is 0.234. The van der Waals surface area contributed by atoms with Crippen LogP contribution in [-0.4, -0.2) is 41.5 Å². The van der Waals surface area contributed by atoms with Gasteiger partial charge in [-0.3, -0.25) is 9.59 Å². The van der Waals surface area contributed by atoms with Crippen LogP contribution >= 0.6 is 11.6 Å². The maximum absolute atomic E-state index is 12.5. The number of nitrogens with one attached hydrogen (secondary N) is 2. The predicted octanol–water partition coefficient (Wildman–Crippen LogP) is 1.08. The van der Waals surface area contributed by atoms with Crippen LogP contribution in [0.4, 0.5) is 0 Å². The Morgan fingerprint density at radius 3 is 2.74 bits per heavy atom. The van der Waals surface area contributed by atoms with Gasteiger partial charge in [0, 0.05) is 31.4 Å². The first kappa shape index (κ1) is 14.1. The quantitative estimate of drug-likeness (QED) is 0.811. The first-order valence-corrected chi connectivity index (χ1v) is 6.71. The van der Waals surface area contributed by atoms with Crippen LogP contribution in [0.1, 0.15) is 28.5 Å². The first-order chi connectivity index (χ1) is 8.91. The summed E-state index contributed by atoms with van der Waals surface area (Å²) < 4.78 is 0. The van der Waals surface area contributed by atoms with Gasteiger partial charge in [0.1, 0.15) is 5.56 Å². The van der Waals surface area contributed by atoms with Crippen LogP contribution in [0.2, 0.25) is 5.02 Å². The van der Waals surface area contributed by atoms with Crippen LogP contribution in [0.5, 0.6) is 0 Å². The molecule has 1 aliphatic heterocycles. The summed E-state index contributed by atoms with van der Waals surface area (Å²) in [4.78, 5) is 28.8. The third-order valence-electron chi connectivity index (χ3n) is 3.43. The largest absolute Gasteiger partial charge is 0.336 e. The number of aryl methyl sites for hydroxylation is 1. The SMILES string of the molecule is Cc1[nH]c(=O)c(C(=O)N2CCNC(C)C2)c(C)c1Cl. The van der Waals surface area contributed by atoms with Crippen LogP contribution in [0.15, 0.2) is 4.79 Å². The molecule has 2 N–H and O–H groups in total. The highest BCUT2D eigenvalue weighted by Gasteiger charge is 2.26. The molecular weight excluding hydrogens is 266 g/mol. The number of carbonyl (C=O) groups is 1. The number of nitrogens with zero attached hydrogens (tertiary/aromatic N) is 1. The molecule has 6 heteroatoms. The van der Waals surface area contributed by atoms with Gasteiger partial charge in [-0.05, 0) is 26.3 Å². The van der Waals surface area contributed by atoms with Crippen molar-refractivity contribution in [2.75, 3.05) is 19.6 Å². The van der Waals surface area contributed by atoms with Crippen LogP contribution in [0.25, 0.3) is 0 Å². The molecule has 2 heterocycles. The highest BCUT2D eigenvalue weighted by atomic mass is 35.5. The highest BCUT2D eigenvalue weighted by molar-refractivity contribution is 6.32. The van der Waals surface area contributed by atoms with Crippen LogP contribution in [0, 0.1) is 13.8 Å². The number of aromatic nitrogens is 1. The zero-order valence-corrected chi connectivity index (χ0v) is 12.1. The third-order valence-corrected chi connectivity index (χ3v) is 4.00. The summed E-state index contributed by atoms with van der Waals surface area (Å²) in [6.45, 7) is 7.39. The van der Waals surface area contributed by atoms with Gasteiger partial charge in [-0.25, -0.2) is 0 Å². The number of hydrogen-bond donors (Lipinski definition) is 2. The Balaban J connectivity index is 2.39. The third kappa shape index (κ3) is 2.67. The highest BCUT2D eigenvalue weighted by Crippen LogP contribution is 2.20.